The van der Waals surface area contributed by atoms with Gasteiger partial charge in [-0.05, 0) is 37.0 Å². The van der Waals surface area contributed by atoms with Crippen molar-refractivity contribution in [3.05, 3.63) is 29.6 Å². The summed E-state index contributed by atoms with van der Waals surface area (Å²) in [6, 6.07) is 5.73. The Bertz CT molecular complexity index is 776. The van der Waals surface area contributed by atoms with Gasteiger partial charge >= 0.3 is 0 Å². The first-order chi connectivity index (χ1) is 12.6. The molecular formula is C17H23N5O3S. The van der Waals surface area contributed by atoms with Crippen LogP contribution in [0.25, 0.3) is 0 Å². The Labute approximate surface area is 156 Å². The number of amides is 1. The highest BCUT2D eigenvalue weighted by Crippen LogP contribution is 2.39. The summed E-state index contributed by atoms with van der Waals surface area (Å²) in [5.74, 6) is 8.77. The van der Waals surface area contributed by atoms with Crippen molar-refractivity contribution >= 4 is 17.7 Å². The van der Waals surface area contributed by atoms with Crippen LogP contribution in [0.15, 0.2) is 23.4 Å². The molecule has 0 aliphatic heterocycles. The highest BCUT2D eigenvalue weighted by Gasteiger charge is 2.29. The third kappa shape index (κ3) is 4.40. The molecular weight excluding hydrogens is 354 g/mol. The number of methoxy groups -OCH3 is 2. The number of ether oxygens (including phenoxy) is 2. The molecule has 0 radical (unpaired) electrons. The van der Waals surface area contributed by atoms with E-state index in [0.29, 0.717) is 35.5 Å². The van der Waals surface area contributed by atoms with E-state index >= 15 is 0 Å². The van der Waals surface area contributed by atoms with Gasteiger partial charge in [0.25, 0.3) is 0 Å². The zero-order valence-electron chi connectivity index (χ0n) is 14.9. The van der Waals surface area contributed by atoms with Crippen LogP contribution in [0.2, 0.25) is 0 Å². The minimum Gasteiger partial charge on any atom is -0.493 e. The van der Waals surface area contributed by atoms with Gasteiger partial charge in [-0.3, -0.25) is 4.79 Å². The Morgan fingerprint density at radius 1 is 1.31 bits per heavy atom. The van der Waals surface area contributed by atoms with Crippen LogP contribution in [0.4, 0.5) is 0 Å². The smallest absolute Gasteiger partial charge is 0.230 e. The summed E-state index contributed by atoms with van der Waals surface area (Å²) < 4.78 is 12.0. The van der Waals surface area contributed by atoms with Gasteiger partial charge in [0.15, 0.2) is 17.3 Å². The van der Waals surface area contributed by atoms with E-state index in [2.05, 4.69) is 15.5 Å². The molecule has 0 bridgehead atoms. The zero-order chi connectivity index (χ0) is 18.5. The second kappa shape index (κ2) is 8.31. The number of nitrogen functional groups attached to an aromatic ring is 1. The zero-order valence-corrected chi connectivity index (χ0v) is 15.7. The number of hydrogen-bond acceptors (Lipinski definition) is 7. The van der Waals surface area contributed by atoms with Crippen LogP contribution in [-0.4, -0.2) is 47.3 Å². The van der Waals surface area contributed by atoms with Crippen LogP contribution in [0, 0.1) is 0 Å². The fraction of sp³-hybridized carbons (Fsp3) is 0.471. The number of rotatable bonds is 9. The first kappa shape index (κ1) is 18.4. The van der Waals surface area contributed by atoms with E-state index in [-0.39, 0.29) is 11.7 Å². The number of carbonyl (C=O) groups excluding carboxylic acids is 1. The van der Waals surface area contributed by atoms with E-state index in [1.807, 2.05) is 18.2 Å². The van der Waals surface area contributed by atoms with E-state index in [0.717, 1.165) is 24.2 Å². The number of nitrogens with one attached hydrogen (secondary N) is 1. The Morgan fingerprint density at radius 2 is 2.08 bits per heavy atom. The summed E-state index contributed by atoms with van der Waals surface area (Å²) in [7, 11) is 3.20. The first-order valence-electron chi connectivity index (χ1n) is 8.43. The highest BCUT2D eigenvalue weighted by molar-refractivity contribution is 7.99. The summed E-state index contributed by atoms with van der Waals surface area (Å²) in [5, 5.41) is 11.6. The monoisotopic (exact) mass is 377 g/mol. The minimum absolute atomic E-state index is 0.0635. The van der Waals surface area contributed by atoms with Crippen molar-refractivity contribution in [2.75, 3.05) is 32.4 Å². The molecule has 1 aliphatic rings. The maximum Gasteiger partial charge on any atom is 0.230 e. The summed E-state index contributed by atoms with van der Waals surface area (Å²) >= 11 is 1.29. The van der Waals surface area contributed by atoms with Gasteiger partial charge in [-0.2, -0.15) is 0 Å². The molecule has 3 rings (SSSR count). The molecule has 0 saturated heterocycles. The summed E-state index contributed by atoms with van der Waals surface area (Å²) in [4.78, 5) is 12.0. The van der Waals surface area contributed by atoms with Gasteiger partial charge in [-0.15, -0.1) is 10.2 Å². The topological polar surface area (TPSA) is 104 Å². The van der Waals surface area contributed by atoms with Gasteiger partial charge in [-0.25, -0.2) is 4.68 Å². The lowest BCUT2D eigenvalue weighted by Crippen LogP contribution is -2.27. The number of thioether (sulfide) groups is 1. The molecule has 8 nitrogen and oxygen atoms in total. The molecule has 3 N–H and O–H groups in total. The van der Waals surface area contributed by atoms with Crippen molar-refractivity contribution in [3.8, 4) is 11.5 Å². The van der Waals surface area contributed by atoms with Crippen LogP contribution in [0.5, 0.6) is 11.5 Å². The molecule has 1 saturated carbocycles. The van der Waals surface area contributed by atoms with E-state index < -0.39 is 0 Å². The lowest BCUT2D eigenvalue weighted by Gasteiger charge is -2.10. The maximum absolute atomic E-state index is 12.0. The molecule has 1 aromatic carbocycles. The van der Waals surface area contributed by atoms with Crippen molar-refractivity contribution in [3.63, 3.8) is 0 Å². The molecule has 0 unspecified atom stereocenters. The predicted octanol–water partition coefficient (Wildman–Crippen LogP) is 1.34. The van der Waals surface area contributed by atoms with E-state index in [1.165, 1.54) is 16.4 Å². The molecule has 140 valence electrons. The summed E-state index contributed by atoms with van der Waals surface area (Å²) in [6.45, 7) is 0.539. The van der Waals surface area contributed by atoms with Crippen molar-refractivity contribution in [2.45, 2.75) is 30.3 Å². The molecule has 9 heteroatoms. The van der Waals surface area contributed by atoms with Crippen molar-refractivity contribution in [2.24, 2.45) is 0 Å². The van der Waals surface area contributed by atoms with E-state index in [9.17, 15) is 4.79 Å². The maximum atomic E-state index is 12.0. The Kier molecular flexibility index (Phi) is 5.87. The Hall–Kier alpha value is -2.42. The lowest BCUT2D eigenvalue weighted by molar-refractivity contribution is -0.118. The number of hydrogen-bond donors (Lipinski definition) is 2. The Balaban J connectivity index is 1.43. The number of benzene rings is 1. The van der Waals surface area contributed by atoms with Crippen molar-refractivity contribution in [1.29, 1.82) is 0 Å². The van der Waals surface area contributed by atoms with Gasteiger partial charge in [0.2, 0.25) is 11.1 Å². The molecule has 1 fully saturated rings. The quantitative estimate of drug-likeness (QED) is 0.502. The Morgan fingerprint density at radius 3 is 2.77 bits per heavy atom. The van der Waals surface area contributed by atoms with Gasteiger partial charge in [0.05, 0.1) is 20.0 Å². The van der Waals surface area contributed by atoms with E-state index in [1.54, 1.807) is 14.2 Å². The van der Waals surface area contributed by atoms with Gasteiger partial charge < -0.3 is 20.6 Å². The third-order valence-corrected chi connectivity index (χ3v) is 5.09. The molecule has 1 aromatic heterocycles. The van der Waals surface area contributed by atoms with Gasteiger partial charge in [-0.1, -0.05) is 17.8 Å². The summed E-state index contributed by atoms with van der Waals surface area (Å²) in [5.41, 5.74) is 1.06. The second-order valence-electron chi connectivity index (χ2n) is 6.06. The lowest BCUT2D eigenvalue weighted by atomic mass is 10.1. The fourth-order valence-electron chi connectivity index (χ4n) is 2.57. The van der Waals surface area contributed by atoms with Crippen LogP contribution in [0.3, 0.4) is 0 Å². The number of aromatic nitrogens is 3. The van der Waals surface area contributed by atoms with Crippen LogP contribution in [0.1, 0.15) is 30.1 Å². The highest BCUT2D eigenvalue weighted by atomic mass is 32.2. The van der Waals surface area contributed by atoms with Crippen molar-refractivity contribution < 1.29 is 14.3 Å². The first-order valence-corrected chi connectivity index (χ1v) is 9.41. The molecule has 26 heavy (non-hydrogen) atoms. The second-order valence-corrected chi connectivity index (χ2v) is 7.01. The number of nitrogens with zero attached hydrogens (tertiary/aromatic N) is 3. The van der Waals surface area contributed by atoms with Gasteiger partial charge in [0, 0.05) is 12.5 Å². The molecule has 0 spiro atoms. The molecule has 0 atom stereocenters. The molecule has 1 heterocycles. The van der Waals surface area contributed by atoms with Crippen LogP contribution >= 0.6 is 11.8 Å². The minimum atomic E-state index is -0.0635. The largest absolute Gasteiger partial charge is 0.493 e. The molecule has 2 aromatic rings. The van der Waals surface area contributed by atoms with Gasteiger partial charge in [0.1, 0.15) is 0 Å². The van der Waals surface area contributed by atoms with E-state index in [4.69, 9.17) is 15.3 Å². The normalized spacial score (nSPS) is 13.5. The number of nitrogens with two attached hydrogens (primary N) is 1. The summed E-state index contributed by atoms with van der Waals surface area (Å²) in [6.07, 6.45) is 2.92. The average molecular weight is 377 g/mol. The van der Waals surface area contributed by atoms with Crippen LogP contribution in [-0.2, 0) is 11.2 Å². The SMILES string of the molecule is COc1ccc(CCNC(=O)CSc2nnc(C3CC3)n2N)cc1OC. The molecule has 1 amide bonds. The molecule has 1 aliphatic carbocycles. The standard InChI is InChI=1S/C17H23N5O3S/c1-24-13-6-3-11(9-14(13)25-2)7-8-19-15(23)10-26-17-21-20-16(22(17)18)12-4-5-12/h3,6,9,12H,4-5,7-8,10,18H2,1-2H3,(H,19,23). The van der Waals surface area contributed by atoms with Crippen LogP contribution < -0.4 is 20.6 Å². The average Bonchev–Trinajstić information content (AvgIpc) is 3.43. The number of carbonyl (C=O) groups is 1. The third-order valence-electron chi connectivity index (χ3n) is 4.15. The fourth-order valence-corrected chi connectivity index (χ4v) is 3.26. The van der Waals surface area contributed by atoms with Crippen molar-refractivity contribution in [1.82, 2.24) is 20.2 Å². The predicted molar refractivity (Wildman–Crippen MR) is 99.1 cm³/mol.